The Morgan fingerprint density at radius 3 is 2.52 bits per heavy atom. The fourth-order valence-electron chi connectivity index (χ4n) is 3.66. The molecule has 1 heterocycles. The summed E-state index contributed by atoms with van der Waals surface area (Å²) in [7, 11) is 5.37. The average molecular weight is 463 g/mol. The van der Waals surface area contributed by atoms with Crippen LogP contribution in [0.1, 0.15) is 23.6 Å². The smallest absolute Gasteiger partial charge is 0.295 e. The number of ether oxygens (including phenoxy) is 1. The van der Waals surface area contributed by atoms with E-state index in [4.69, 9.17) is 27.9 Å². The fourth-order valence-corrected chi connectivity index (χ4v) is 4.12. The molecule has 1 aliphatic rings. The van der Waals surface area contributed by atoms with E-state index in [0.29, 0.717) is 34.9 Å². The van der Waals surface area contributed by atoms with Crippen molar-refractivity contribution in [3.05, 3.63) is 69.2 Å². The highest BCUT2D eigenvalue weighted by molar-refractivity contribution is 6.46. The number of methoxy groups -OCH3 is 1. The predicted molar refractivity (Wildman–Crippen MR) is 122 cm³/mol. The summed E-state index contributed by atoms with van der Waals surface area (Å²) in [6, 6.07) is 10.9. The van der Waals surface area contributed by atoms with E-state index in [1.807, 2.05) is 19.0 Å². The van der Waals surface area contributed by atoms with E-state index in [1.165, 1.54) is 18.1 Å². The van der Waals surface area contributed by atoms with Crippen LogP contribution in [0.3, 0.4) is 0 Å². The van der Waals surface area contributed by atoms with Crippen LogP contribution < -0.4 is 4.74 Å². The molecule has 1 atom stereocenters. The number of likely N-dealkylation sites (tertiary alicyclic amines) is 1. The van der Waals surface area contributed by atoms with Crippen molar-refractivity contribution < 1.29 is 19.4 Å². The van der Waals surface area contributed by atoms with Crippen molar-refractivity contribution in [2.75, 3.05) is 34.3 Å². The normalized spacial score (nSPS) is 18.1. The van der Waals surface area contributed by atoms with Gasteiger partial charge in [0.1, 0.15) is 11.5 Å². The molecule has 6 nitrogen and oxygen atoms in total. The second-order valence-electron chi connectivity index (χ2n) is 7.55. The van der Waals surface area contributed by atoms with Crippen LogP contribution in [0, 0.1) is 0 Å². The largest absolute Gasteiger partial charge is 0.507 e. The molecule has 0 spiro atoms. The Morgan fingerprint density at radius 2 is 1.90 bits per heavy atom. The first-order valence-electron chi connectivity index (χ1n) is 9.77. The van der Waals surface area contributed by atoms with Crippen molar-refractivity contribution in [3.8, 4) is 5.75 Å². The van der Waals surface area contributed by atoms with Gasteiger partial charge in [0, 0.05) is 17.1 Å². The van der Waals surface area contributed by atoms with Gasteiger partial charge in [0.25, 0.3) is 11.7 Å². The van der Waals surface area contributed by atoms with Gasteiger partial charge >= 0.3 is 0 Å². The number of rotatable bonds is 7. The molecule has 3 rings (SSSR count). The van der Waals surface area contributed by atoms with Gasteiger partial charge in [-0.15, -0.1) is 0 Å². The topological polar surface area (TPSA) is 70.1 Å². The molecule has 2 aromatic rings. The van der Waals surface area contributed by atoms with E-state index in [9.17, 15) is 14.7 Å². The number of benzene rings is 2. The standard InChI is InChI=1S/C23H24Cl2N2O4/c1-26(2)10-5-11-27-20(14-6-4-7-16(24)12-14)19(22(29)23(27)30)21(28)15-8-9-18(31-3)17(25)13-15/h4,6-9,12-13,20,28H,5,10-11H2,1-3H3/b21-19+/t20-/m0/s1. The summed E-state index contributed by atoms with van der Waals surface area (Å²) >= 11 is 12.4. The number of hydrogen-bond donors (Lipinski definition) is 1. The first kappa shape index (κ1) is 23.1. The lowest BCUT2D eigenvalue weighted by Crippen LogP contribution is -2.32. The maximum atomic E-state index is 13.0. The highest BCUT2D eigenvalue weighted by atomic mass is 35.5. The van der Waals surface area contributed by atoms with Crippen molar-refractivity contribution >= 4 is 40.7 Å². The van der Waals surface area contributed by atoms with Crippen LogP contribution in [0.15, 0.2) is 48.0 Å². The summed E-state index contributed by atoms with van der Waals surface area (Å²) in [4.78, 5) is 29.4. The second kappa shape index (κ2) is 9.73. The number of aliphatic hydroxyl groups excluding tert-OH is 1. The van der Waals surface area contributed by atoms with Crippen molar-refractivity contribution in [3.63, 3.8) is 0 Å². The Morgan fingerprint density at radius 1 is 1.16 bits per heavy atom. The zero-order valence-corrected chi connectivity index (χ0v) is 19.1. The maximum Gasteiger partial charge on any atom is 0.295 e. The Bertz CT molecular complexity index is 1040. The van der Waals surface area contributed by atoms with Crippen LogP contribution in [-0.2, 0) is 9.59 Å². The van der Waals surface area contributed by atoms with Gasteiger partial charge in [-0.25, -0.2) is 0 Å². The van der Waals surface area contributed by atoms with Crippen molar-refractivity contribution in [1.29, 1.82) is 0 Å². The van der Waals surface area contributed by atoms with Gasteiger partial charge in [0.15, 0.2) is 0 Å². The zero-order chi connectivity index (χ0) is 22.7. The predicted octanol–water partition coefficient (Wildman–Crippen LogP) is 4.38. The SMILES string of the molecule is COc1ccc(/C(O)=C2\C(=O)C(=O)N(CCCN(C)C)[C@H]2c2cccc(Cl)c2)cc1Cl. The molecule has 0 aliphatic carbocycles. The summed E-state index contributed by atoms with van der Waals surface area (Å²) in [6.07, 6.45) is 0.672. The van der Waals surface area contributed by atoms with E-state index in [2.05, 4.69) is 0 Å². The third-order valence-corrected chi connectivity index (χ3v) is 5.66. The minimum absolute atomic E-state index is 0.0124. The molecule has 0 bridgehead atoms. The molecule has 164 valence electrons. The number of amides is 1. The number of carbonyl (C=O) groups excluding carboxylic acids is 2. The van der Waals surface area contributed by atoms with E-state index in [1.54, 1.807) is 36.4 Å². The molecule has 8 heteroatoms. The van der Waals surface area contributed by atoms with E-state index >= 15 is 0 Å². The van der Waals surface area contributed by atoms with Gasteiger partial charge in [-0.3, -0.25) is 9.59 Å². The van der Waals surface area contributed by atoms with Gasteiger partial charge in [0.2, 0.25) is 0 Å². The van der Waals surface area contributed by atoms with Crippen LogP contribution >= 0.6 is 23.2 Å². The van der Waals surface area contributed by atoms with Crippen molar-refractivity contribution in [1.82, 2.24) is 9.80 Å². The first-order valence-corrected chi connectivity index (χ1v) is 10.5. The first-order chi connectivity index (χ1) is 14.7. The van der Waals surface area contributed by atoms with Crippen LogP contribution in [0.25, 0.3) is 5.76 Å². The zero-order valence-electron chi connectivity index (χ0n) is 17.6. The van der Waals surface area contributed by atoms with E-state index < -0.39 is 17.7 Å². The van der Waals surface area contributed by atoms with Gasteiger partial charge < -0.3 is 19.6 Å². The Balaban J connectivity index is 2.11. The maximum absolute atomic E-state index is 13.0. The van der Waals surface area contributed by atoms with Crippen LogP contribution in [-0.4, -0.2) is 60.9 Å². The van der Waals surface area contributed by atoms with Crippen LogP contribution in [0.5, 0.6) is 5.75 Å². The summed E-state index contributed by atoms with van der Waals surface area (Å²) < 4.78 is 5.15. The minimum Gasteiger partial charge on any atom is -0.507 e. The molecule has 1 saturated heterocycles. The second-order valence-corrected chi connectivity index (χ2v) is 8.40. The van der Waals surface area contributed by atoms with Gasteiger partial charge in [-0.1, -0.05) is 35.3 Å². The third-order valence-electron chi connectivity index (χ3n) is 5.13. The van der Waals surface area contributed by atoms with Crippen molar-refractivity contribution in [2.24, 2.45) is 0 Å². The number of carbonyl (C=O) groups is 2. The van der Waals surface area contributed by atoms with E-state index in [0.717, 1.165) is 6.54 Å². The average Bonchev–Trinajstić information content (AvgIpc) is 2.98. The van der Waals surface area contributed by atoms with Gasteiger partial charge in [0.05, 0.1) is 23.7 Å². The highest BCUT2D eigenvalue weighted by Gasteiger charge is 2.45. The van der Waals surface area contributed by atoms with Crippen LogP contribution in [0.4, 0.5) is 0 Å². The Labute approximate surface area is 191 Å². The van der Waals surface area contributed by atoms with Gasteiger partial charge in [-0.2, -0.15) is 0 Å². The quantitative estimate of drug-likeness (QED) is 0.375. The molecular formula is C23H24Cl2N2O4. The molecule has 1 amide bonds. The Hall–Kier alpha value is -2.54. The molecule has 0 unspecified atom stereocenters. The number of nitrogens with zero attached hydrogens (tertiary/aromatic N) is 2. The molecule has 0 saturated carbocycles. The lowest BCUT2D eigenvalue weighted by atomic mass is 9.95. The number of ketones is 1. The van der Waals surface area contributed by atoms with Gasteiger partial charge in [-0.05, 0) is 63.0 Å². The summed E-state index contributed by atoms with van der Waals surface area (Å²) in [5.41, 5.74) is 0.986. The number of aliphatic hydroxyl groups is 1. The number of Topliss-reactive ketones (excluding diaryl/α,β-unsaturated/α-hetero) is 1. The lowest BCUT2D eigenvalue weighted by Gasteiger charge is -2.26. The molecule has 2 aromatic carbocycles. The monoisotopic (exact) mass is 462 g/mol. The Kier molecular flexibility index (Phi) is 7.26. The molecule has 31 heavy (non-hydrogen) atoms. The third kappa shape index (κ3) is 4.87. The molecular weight excluding hydrogens is 439 g/mol. The molecule has 1 N–H and O–H groups in total. The summed E-state index contributed by atoms with van der Waals surface area (Å²) in [5, 5.41) is 11.8. The summed E-state index contributed by atoms with van der Waals surface area (Å²) in [5.74, 6) is -1.24. The number of hydrogen-bond acceptors (Lipinski definition) is 5. The molecule has 1 fully saturated rings. The fraction of sp³-hybridized carbons (Fsp3) is 0.304. The number of halogens is 2. The molecule has 0 radical (unpaired) electrons. The molecule has 1 aliphatic heterocycles. The van der Waals surface area contributed by atoms with E-state index in [-0.39, 0.29) is 16.4 Å². The lowest BCUT2D eigenvalue weighted by molar-refractivity contribution is -0.139. The van der Waals surface area contributed by atoms with Crippen LogP contribution in [0.2, 0.25) is 10.0 Å². The minimum atomic E-state index is -0.748. The molecule has 0 aromatic heterocycles. The highest BCUT2D eigenvalue weighted by Crippen LogP contribution is 2.40. The van der Waals surface area contributed by atoms with Crippen molar-refractivity contribution in [2.45, 2.75) is 12.5 Å². The summed E-state index contributed by atoms with van der Waals surface area (Å²) in [6.45, 7) is 1.11.